The van der Waals surface area contributed by atoms with Crippen molar-refractivity contribution in [3.63, 3.8) is 0 Å². The first-order chi connectivity index (χ1) is 10.1. The zero-order valence-corrected chi connectivity index (χ0v) is 10.7. The largest absolute Gasteiger partial charge is 0.476 e. The second kappa shape index (κ2) is 4.82. The minimum atomic E-state index is -1.26. The van der Waals surface area contributed by atoms with E-state index in [0.717, 1.165) is 0 Å². The number of piperazine rings is 1. The molecule has 0 saturated carbocycles. The van der Waals surface area contributed by atoms with Gasteiger partial charge in [0.05, 0.1) is 24.3 Å². The summed E-state index contributed by atoms with van der Waals surface area (Å²) in [5.74, 6) is -2.23. The van der Waals surface area contributed by atoms with Crippen LogP contribution in [-0.4, -0.2) is 46.2 Å². The molecule has 2 aromatic rings. The number of aromatic carboxylic acids is 1. The van der Waals surface area contributed by atoms with E-state index >= 15 is 0 Å². The summed E-state index contributed by atoms with van der Waals surface area (Å²) in [5.41, 5.74) is 0.448. The molecule has 0 spiro atoms. The van der Waals surface area contributed by atoms with Crippen LogP contribution >= 0.6 is 0 Å². The highest BCUT2D eigenvalue weighted by Gasteiger charge is 2.28. The molecule has 1 saturated heterocycles. The fourth-order valence-electron chi connectivity index (χ4n) is 2.30. The number of imide groups is 1. The molecule has 0 bridgehead atoms. The van der Waals surface area contributed by atoms with E-state index in [4.69, 9.17) is 0 Å². The van der Waals surface area contributed by atoms with Gasteiger partial charge in [0.25, 0.3) is 0 Å². The minimum absolute atomic E-state index is 0.109. The lowest BCUT2D eigenvalue weighted by Crippen LogP contribution is -2.52. The van der Waals surface area contributed by atoms with Crippen molar-refractivity contribution >= 4 is 34.4 Å². The Bertz CT molecular complexity index is 758. The van der Waals surface area contributed by atoms with Crippen molar-refractivity contribution in [2.75, 3.05) is 18.0 Å². The number of anilines is 1. The molecule has 1 aliphatic heterocycles. The number of aromatic nitrogens is 2. The van der Waals surface area contributed by atoms with Crippen molar-refractivity contribution in [1.29, 1.82) is 0 Å². The number of carboxylic acids is 1. The summed E-state index contributed by atoms with van der Waals surface area (Å²) in [6, 6.07) is 6.84. The van der Waals surface area contributed by atoms with Crippen molar-refractivity contribution in [2.45, 2.75) is 0 Å². The van der Waals surface area contributed by atoms with Gasteiger partial charge in [-0.1, -0.05) is 18.2 Å². The molecular weight excluding hydrogens is 276 g/mol. The summed E-state index contributed by atoms with van der Waals surface area (Å²) in [4.78, 5) is 35.8. The zero-order chi connectivity index (χ0) is 15.0. The number of amides is 2. The van der Waals surface area contributed by atoms with Gasteiger partial charge < -0.3 is 10.0 Å². The highest BCUT2D eigenvalue weighted by Crippen LogP contribution is 2.28. The van der Waals surface area contributed by atoms with Gasteiger partial charge in [-0.3, -0.25) is 14.9 Å². The molecule has 2 N–H and O–H groups in total. The number of nitrogens with zero attached hydrogens (tertiary/aromatic N) is 3. The SMILES string of the molecule is O=C1CN(c2c(C(=O)O)nnc3ccccc23)CC(=O)N1. The molecule has 0 atom stereocenters. The predicted octanol–water partition coefficient (Wildman–Crippen LogP) is -0.209. The molecule has 2 amide bonds. The minimum Gasteiger partial charge on any atom is -0.476 e. The topological polar surface area (TPSA) is 112 Å². The Hall–Kier alpha value is -3.03. The van der Waals surface area contributed by atoms with Gasteiger partial charge in [-0.25, -0.2) is 4.79 Å². The highest BCUT2D eigenvalue weighted by atomic mass is 16.4. The number of hydrogen-bond acceptors (Lipinski definition) is 6. The lowest BCUT2D eigenvalue weighted by molar-refractivity contribution is -0.130. The second-order valence-electron chi connectivity index (χ2n) is 4.55. The molecule has 8 nitrogen and oxygen atoms in total. The number of carbonyl (C=O) groups is 3. The normalized spacial score (nSPS) is 15.1. The van der Waals surface area contributed by atoms with Crippen LogP contribution in [0.1, 0.15) is 10.5 Å². The molecule has 0 unspecified atom stereocenters. The third kappa shape index (κ3) is 2.27. The summed E-state index contributed by atoms with van der Waals surface area (Å²) in [6.07, 6.45) is 0. The van der Waals surface area contributed by atoms with Gasteiger partial charge in [0.15, 0.2) is 5.69 Å². The standard InChI is InChI=1S/C13H10N4O4/c18-9-5-17(6-10(19)14-9)12-7-3-1-2-4-8(7)15-16-11(12)13(20)21/h1-4H,5-6H2,(H,20,21)(H,14,18,19). The fraction of sp³-hybridized carbons (Fsp3) is 0.154. The van der Waals surface area contributed by atoms with E-state index in [1.165, 1.54) is 4.90 Å². The first-order valence-corrected chi connectivity index (χ1v) is 6.12. The summed E-state index contributed by atoms with van der Waals surface area (Å²) < 4.78 is 0. The number of hydrogen-bond donors (Lipinski definition) is 2. The maximum absolute atomic E-state index is 11.5. The summed E-state index contributed by atoms with van der Waals surface area (Å²) in [6.45, 7) is -0.219. The van der Waals surface area contributed by atoms with E-state index in [9.17, 15) is 19.5 Å². The molecule has 0 aliphatic carbocycles. The van der Waals surface area contributed by atoms with Crippen LogP contribution in [0, 0.1) is 0 Å². The van der Waals surface area contributed by atoms with Crippen LogP contribution in [0.15, 0.2) is 24.3 Å². The Kier molecular flexibility index (Phi) is 2.98. The molecule has 21 heavy (non-hydrogen) atoms. The van der Waals surface area contributed by atoms with E-state index in [1.54, 1.807) is 24.3 Å². The average molecular weight is 286 g/mol. The molecule has 0 radical (unpaired) electrons. The summed E-state index contributed by atoms with van der Waals surface area (Å²) >= 11 is 0. The van der Waals surface area contributed by atoms with Crippen molar-refractivity contribution in [3.05, 3.63) is 30.0 Å². The Morgan fingerprint density at radius 2 is 1.81 bits per heavy atom. The van der Waals surface area contributed by atoms with Gasteiger partial charge in [-0.15, -0.1) is 10.2 Å². The number of fused-ring (bicyclic) bond motifs is 1. The molecule has 1 fully saturated rings. The van der Waals surface area contributed by atoms with Crippen LogP contribution in [0.5, 0.6) is 0 Å². The maximum atomic E-state index is 11.5. The molecule has 3 rings (SSSR count). The van der Waals surface area contributed by atoms with Gasteiger partial charge in [0, 0.05) is 5.39 Å². The maximum Gasteiger partial charge on any atom is 0.358 e. The van der Waals surface area contributed by atoms with Crippen LogP contribution in [0.3, 0.4) is 0 Å². The lowest BCUT2D eigenvalue weighted by atomic mass is 10.1. The van der Waals surface area contributed by atoms with Crippen molar-refractivity contribution in [2.24, 2.45) is 0 Å². The lowest BCUT2D eigenvalue weighted by Gasteiger charge is -2.28. The first kappa shape index (κ1) is 13.0. The van der Waals surface area contributed by atoms with Crippen molar-refractivity contribution in [3.8, 4) is 0 Å². The van der Waals surface area contributed by atoms with Gasteiger partial charge in [0.1, 0.15) is 0 Å². The second-order valence-corrected chi connectivity index (χ2v) is 4.55. The number of nitrogens with one attached hydrogen (secondary N) is 1. The Labute approximate surface area is 118 Å². The Morgan fingerprint density at radius 1 is 1.14 bits per heavy atom. The fourth-order valence-corrected chi connectivity index (χ4v) is 2.30. The Morgan fingerprint density at radius 3 is 2.48 bits per heavy atom. The van der Waals surface area contributed by atoms with Crippen LogP contribution in [0.2, 0.25) is 0 Å². The highest BCUT2D eigenvalue weighted by molar-refractivity contribution is 6.08. The van der Waals surface area contributed by atoms with Crippen LogP contribution < -0.4 is 10.2 Å². The van der Waals surface area contributed by atoms with E-state index in [2.05, 4.69) is 15.5 Å². The van der Waals surface area contributed by atoms with Crippen molar-refractivity contribution < 1.29 is 19.5 Å². The average Bonchev–Trinajstić information content (AvgIpc) is 2.44. The Balaban J connectivity index is 2.23. The number of rotatable bonds is 2. The number of benzene rings is 1. The van der Waals surface area contributed by atoms with E-state index in [1.807, 2.05) is 0 Å². The molecule has 2 heterocycles. The smallest absolute Gasteiger partial charge is 0.358 e. The molecule has 1 aliphatic rings. The molecular formula is C13H10N4O4. The number of carboxylic acid groups (broad SMARTS) is 1. The molecule has 1 aromatic heterocycles. The van der Waals surface area contributed by atoms with Crippen LogP contribution in [0.25, 0.3) is 10.9 Å². The summed E-state index contributed by atoms with van der Waals surface area (Å²) in [7, 11) is 0. The molecule has 1 aromatic carbocycles. The van der Waals surface area contributed by atoms with Gasteiger partial charge in [0.2, 0.25) is 11.8 Å². The first-order valence-electron chi connectivity index (χ1n) is 6.12. The zero-order valence-electron chi connectivity index (χ0n) is 10.7. The number of carbonyl (C=O) groups excluding carboxylic acids is 2. The van der Waals surface area contributed by atoms with E-state index in [0.29, 0.717) is 10.9 Å². The molecule has 106 valence electrons. The molecule has 8 heteroatoms. The van der Waals surface area contributed by atoms with Crippen molar-refractivity contribution in [1.82, 2.24) is 15.5 Å². The third-order valence-corrected chi connectivity index (χ3v) is 3.11. The van der Waals surface area contributed by atoms with E-state index < -0.39 is 17.8 Å². The quantitative estimate of drug-likeness (QED) is 0.734. The monoisotopic (exact) mass is 286 g/mol. The third-order valence-electron chi connectivity index (χ3n) is 3.11. The summed E-state index contributed by atoms with van der Waals surface area (Å²) in [5, 5.41) is 19.5. The van der Waals surface area contributed by atoms with Gasteiger partial charge >= 0.3 is 5.97 Å². The van der Waals surface area contributed by atoms with Crippen LogP contribution in [-0.2, 0) is 9.59 Å². The van der Waals surface area contributed by atoms with Crippen LogP contribution in [0.4, 0.5) is 5.69 Å². The van der Waals surface area contributed by atoms with Gasteiger partial charge in [-0.2, -0.15) is 0 Å². The van der Waals surface area contributed by atoms with Gasteiger partial charge in [-0.05, 0) is 6.07 Å². The predicted molar refractivity (Wildman–Crippen MR) is 71.9 cm³/mol. The van der Waals surface area contributed by atoms with E-state index in [-0.39, 0.29) is 24.5 Å².